The molecular weight excluding hydrogens is 307 g/mol. The number of carbonyl (C=O) groups is 1. The summed E-state index contributed by atoms with van der Waals surface area (Å²) in [7, 11) is 0. The van der Waals surface area contributed by atoms with Crippen LogP contribution in [0.15, 0.2) is 18.3 Å². The molecule has 0 unspecified atom stereocenters. The number of carbonyl (C=O) groups excluding carboxylic acids is 1. The quantitative estimate of drug-likeness (QED) is 0.928. The summed E-state index contributed by atoms with van der Waals surface area (Å²) < 4.78 is 38.3. The molecule has 1 aliphatic carbocycles. The third-order valence-corrected chi connectivity index (χ3v) is 4.71. The fourth-order valence-corrected chi connectivity index (χ4v) is 3.01. The van der Waals surface area contributed by atoms with Gasteiger partial charge in [-0.25, -0.2) is 4.98 Å². The molecule has 0 bridgehead atoms. The minimum atomic E-state index is -4.35. The van der Waals surface area contributed by atoms with Crippen molar-refractivity contribution in [3.8, 4) is 0 Å². The number of hydrogen-bond acceptors (Lipinski definition) is 3. The Hall–Kier alpha value is -1.79. The summed E-state index contributed by atoms with van der Waals surface area (Å²) in [6, 6.07) is 2.19. The van der Waals surface area contributed by atoms with Crippen LogP contribution in [0.25, 0.3) is 0 Å². The third kappa shape index (κ3) is 3.76. The molecule has 0 spiro atoms. The lowest BCUT2D eigenvalue weighted by Gasteiger charge is -2.35. The molecule has 1 saturated heterocycles. The molecule has 2 heterocycles. The van der Waals surface area contributed by atoms with E-state index < -0.39 is 11.7 Å². The van der Waals surface area contributed by atoms with Gasteiger partial charge in [0.2, 0.25) is 5.91 Å². The van der Waals surface area contributed by atoms with Gasteiger partial charge in [0, 0.05) is 31.2 Å². The van der Waals surface area contributed by atoms with Gasteiger partial charge in [-0.2, -0.15) is 13.2 Å². The highest BCUT2D eigenvalue weighted by molar-refractivity contribution is 5.79. The van der Waals surface area contributed by atoms with Crippen LogP contribution in [-0.2, 0) is 11.0 Å². The molecule has 1 N–H and O–H groups in total. The molecule has 1 aromatic heterocycles. The number of hydrogen-bond donors (Lipinski definition) is 1. The first-order chi connectivity index (χ1) is 10.9. The summed E-state index contributed by atoms with van der Waals surface area (Å²) in [4.78, 5) is 17.8. The van der Waals surface area contributed by atoms with Crippen molar-refractivity contribution >= 4 is 11.7 Å². The number of amides is 1. The second-order valence-electron chi connectivity index (χ2n) is 6.30. The van der Waals surface area contributed by atoms with Gasteiger partial charge in [-0.15, -0.1) is 0 Å². The van der Waals surface area contributed by atoms with E-state index >= 15 is 0 Å². The van der Waals surface area contributed by atoms with Gasteiger partial charge >= 0.3 is 6.18 Å². The summed E-state index contributed by atoms with van der Waals surface area (Å²) >= 11 is 0. The van der Waals surface area contributed by atoms with Crippen molar-refractivity contribution in [3.05, 3.63) is 23.9 Å². The van der Waals surface area contributed by atoms with Crippen molar-refractivity contribution in [2.45, 2.75) is 44.3 Å². The predicted octanol–water partition coefficient (Wildman–Crippen LogP) is 2.99. The lowest BCUT2D eigenvalue weighted by Crippen LogP contribution is -2.47. The van der Waals surface area contributed by atoms with Gasteiger partial charge in [0.25, 0.3) is 0 Å². The van der Waals surface area contributed by atoms with Gasteiger partial charge in [0.15, 0.2) is 0 Å². The second-order valence-corrected chi connectivity index (χ2v) is 6.30. The van der Waals surface area contributed by atoms with E-state index in [-0.39, 0.29) is 17.9 Å². The summed E-state index contributed by atoms with van der Waals surface area (Å²) in [5.41, 5.74) is -0.678. The van der Waals surface area contributed by atoms with E-state index in [0.29, 0.717) is 18.9 Å². The SMILES string of the molecule is O=C(NC1CCN(c2cc(C(F)(F)F)ccn2)CC1)C1CCC1. The average Bonchev–Trinajstić information content (AvgIpc) is 2.45. The molecule has 1 amide bonds. The third-order valence-electron chi connectivity index (χ3n) is 4.71. The van der Waals surface area contributed by atoms with Gasteiger partial charge in [-0.3, -0.25) is 4.79 Å². The smallest absolute Gasteiger partial charge is 0.356 e. The summed E-state index contributed by atoms with van der Waals surface area (Å²) in [5, 5.41) is 3.06. The molecule has 7 heteroatoms. The van der Waals surface area contributed by atoms with Gasteiger partial charge in [0.05, 0.1) is 5.56 Å². The van der Waals surface area contributed by atoms with Crippen LogP contribution >= 0.6 is 0 Å². The molecule has 0 atom stereocenters. The number of alkyl halides is 3. The summed E-state index contributed by atoms with van der Waals surface area (Å²) in [5.74, 6) is 0.647. The van der Waals surface area contributed by atoms with Crippen LogP contribution in [-0.4, -0.2) is 30.0 Å². The Morgan fingerprint density at radius 2 is 1.91 bits per heavy atom. The molecule has 0 radical (unpaired) electrons. The molecule has 23 heavy (non-hydrogen) atoms. The van der Waals surface area contributed by atoms with Crippen molar-refractivity contribution in [1.82, 2.24) is 10.3 Å². The number of nitrogens with zero attached hydrogens (tertiary/aromatic N) is 2. The molecule has 3 rings (SSSR count). The topological polar surface area (TPSA) is 45.2 Å². The molecule has 2 fully saturated rings. The maximum Gasteiger partial charge on any atom is 0.416 e. The van der Waals surface area contributed by atoms with Gasteiger partial charge in [-0.1, -0.05) is 6.42 Å². The van der Waals surface area contributed by atoms with Crippen LogP contribution in [0, 0.1) is 5.92 Å². The van der Waals surface area contributed by atoms with E-state index in [4.69, 9.17) is 0 Å². The normalized spacial score (nSPS) is 20.2. The standard InChI is InChI=1S/C16H20F3N3O/c17-16(18,19)12-4-7-20-14(10-12)22-8-5-13(6-9-22)21-15(23)11-2-1-3-11/h4,7,10-11,13H,1-3,5-6,8-9H2,(H,21,23). The van der Waals surface area contributed by atoms with Crippen LogP contribution in [0.3, 0.4) is 0 Å². The fourth-order valence-electron chi connectivity index (χ4n) is 3.01. The molecule has 126 valence electrons. The van der Waals surface area contributed by atoms with Crippen LogP contribution < -0.4 is 10.2 Å². The van der Waals surface area contributed by atoms with E-state index in [1.807, 2.05) is 4.90 Å². The highest BCUT2D eigenvalue weighted by Gasteiger charge is 2.32. The summed E-state index contributed by atoms with van der Waals surface area (Å²) in [6.07, 6.45) is 1.37. The van der Waals surface area contributed by atoms with Crippen LogP contribution in [0.5, 0.6) is 0 Å². The highest BCUT2D eigenvalue weighted by Crippen LogP contribution is 2.31. The fraction of sp³-hybridized carbons (Fsp3) is 0.625. The summed E-state index contributed by atoms with van der Waals surface area (Å²) in [6.45, 7) is 1.20. The van der Waals surface area contributed by atoms with Crippen molar-refractivity contribution in [2.24, 2.45) is 5.92 Å². The van der Waals surface area contributed by atoms with Crippen molar-refractivity contribution < 1.29 is 18.0 Å². The predicted molar refractivity (Wildman–Crippen MR) is 80.0 cm³/mol. The minimum absolute atomic E-state index is 0.116. The number of halogens is 3. The van der Waals surface area contributed by atoms with Crippen molar-refractivity contribution in [3.63, 3.8) is 0 Å². The molecule has 0 aromatic carbocycles. The number of pyridine rings is 1. The van der Waals surface area contributed by atoms with E-state index in [1.165, 1.54) is 6.20 Å². The zero-order chi connectivity index (χ0) is 16.4. The first-order valence-electron chi connectivity index (χ1n) is 8.02. The Morgan fingerprint density at radius 3 is 2.48 bits per heavy atom. The Labute approximate surface area is 133 Å². The molecule has 1 aliphatic heterocycles. The van der Waals surface area contributed by atoms with Crippen LogP contribution in [0.4, 0.5) is 19.0 Å². The largest absolute Gasteiger partial charge is 0.416 e. The van der Waals surface area contributed by atoms with Crippen LogP contribution in [0.2, 0.25) is 0 Å². The van der Waals surface area contributed by atoms with Gasteiger partial charge in [0.1, 0.15) is 5.82 Å². The molecular formula is C16H20F3N3O. The molecule has 4 nitrogen and oxygen atoms in total. The lowest BCUT2D eigenvalue weighted by molar-refractivity contribution is -0.137. The van der Waals surface area contributed by atoms with Crippen molar-refractivity contribution in [2.75, 3.05) is 18.0 Å². The Bertz CT molecular complexity index is 564. The Balaban J connectivity index is 1.55. The molecule has 1 saturated carbocycles. The van der Waals surface area contributed by atoms with E-state index in [0.717, 1.165) is 44.2 Å². The van der Waals surface area contributed by atoms with Crippen molar-refractivity contribution in [1.29, 1.82) is 0 Å². The molecule has 1 aromatic rings. The van der Waals surface area contributed by atoms with Gasteiger partial charge < -0.3 is 10.2 Å². The number of rotatable bonds is 3. The Kier molecular flexibility index (Phi) is 4.46. The zero-order valence-electron chi connectivity index (χ0n) is 12.8. The minimum Gasteiger partial charge on any atom is -0.356 e. The first-order valence-corrected chi connectivity index (χ1v) is 8.02. The lowest BCUT2D eigenvalue weighted by atomic mass is 9.84. The number of anilines is 1. The average molecular weight is 327 g/mol. The van der Waals surface area contributed by atoms with E-state index in [9.17, 15) is 18.0 Å². The number of aromatic nitrogens is 1. The maximum atomic E-state index is 12.8. The highest BCUT2D eigenvalue weighted by atomic mass is 19.4. The van der Waals surface area contributed by atoms with Crippen LogP contribution in [0.1, 0.15) is 37.7 Å². The van der Waals surface area contributed by atoms with Gasteiger partial charge in [-0.05, 0) is 37.8 Å². The van der Waals surface area contributed by atoms with E-state index in [1.54, 1.807) is 0 Å². The zero-order valence-corrected chi connectivity index (χ0v) is 12.8. The maximum absolute atomic E-state index is 12.8. The number of piperidine rings is 1. The molecule has 2 aliphatic rings. The first kappa shape index (κ1) is 16.1. The number of nitrogens with one attached hydrogen (secondary N) is 1. The monoisotopic (exact) mass is 327 g/mol. The Morgan fingerprint density at radius 1 is 1.22 bits per heavy atom. The second kappa shape index (κ2) is 6.37. The van der Waals surface area contributed by atoms with E-state index in [2.05, 4.69) is 10.3 Å².